The van der Waals surface area contributed by atoms with Gasteiger partial charge in [0.05, 0.1) is 12.1 Å². The number of piperidine rings is 1. The predicted molar refractivity (Wildman–Crippen MR) is 118 cm³/mol. The maximum atomic E-state index is 12.9. The number of likely N-dealkylation sites (N-methyl/N-ethyl adjacent to an activating group) is 1. The molecule has 3 atom stereocenters. The van der Waals surface area contributed by atoms with Crippen molar-refractivity contribution in [3.05, 3.63) is 35.9 Å². The second-order valence-electron chi connectivity index (χ2n) is 8.25. The first kappa shape index (κ1) is 23.6. The standard InChI is InChI=1S/C22H34N4O2.ClH/c1-17(22(28)25(2)15-18-8-4-3-5-9-18)26-13-7-10-19(16-26)14-24-21(27)20-11-6-12-23-20;/h3-5,8-9,17,19-20,23H,6-7,10-16H2,1-2H3,(H,24,27);1H. The molecule has 2 saturated heterocycles. The zero-order valence-corrected chi connectivity index (χ0v) is 18.4. The Balaban J connectivity index is 0.00000300. The van der Waals surface area contributed by atoms with E-state index in [1.54, 1.807) is 0 Å². The van der Waals surface area contributed by atoms with Crippen molar-refractivity contribution in [1.29, 1.82) is 0 Å². The number of benzene rings is 1. The molecule has 2 amide bonds. The van der Waals surface area contributed by atoms with Crippen LogP contribution in [0.1, 0.15) is 38.2 Å². The highest BCUT2D eigenvalue weighted by Gasteiger charge is 2.30. The lowest BCUT2D eigenvalue weighted by atomic mass is 9.96. The van der Waals surface area contributed by atoms with Crippen LogP contribution < -0.4 is 10.6 Å². The average molecular weight is 423 g/mol. The number of likely N-dealkylation sites (tertiary alicyclic amines) is 1. The summed E-state index contributed by atoms with van der Waals surface area (Å²) >= 11 is 0. The minimum Gasteiger partial charge on any atom is -0.354 e. The van der Waals surface area contributed by atoms with Crippen LogP contribution in [-0.4, -0.2) is 66.9 Å². The fourth-order valence-electron chi connectivity index (χ4n) is 4.30. The highest BCUT2D eigenvalue weighted by atomic mass is 35.5. The first-order valence-electron chi connectivity index (χ1n) is 10.6. The van der Waals surface area contributed by atoms with E-state index in [-0.39, 0.29) is 36.3 Å². The van der Waals surface area contributed by atoms with Gasteiger partial charge in [-0.1, -0.05) is 30.3 Å². The van der Waals surface area contributed by atoms with Crippen LogP contribution >= 0.6 is 12.4 Å². The number of nitrogens with zero attached hydrogens (tertiary/aromatic N) is 2. The van der Waals surface area contributed by atoms with E-state index in [2.05, 4.69) is 15.5 Å². The van der Waals surface area contributed by atoms with Crippen LogP contribution in [0.25, 0.3) is 0 Å². The van der Waals surface area contributed by atoms with Crippen LogP contribution in [0.15, 0.2) is 30.3 Å². The summed E-state index contributed by atoms with van der Waals surface area (Å²) in [7, 11) is 1.88. The molecule has 0 saturated carbocycles. The number of nitrogens with one attached hydrogen (secondary N) is 2. The van der Waals surface area contributed by atoms with Gasteiger partial charge < -0.3 is 15.5 Å². The third-order valence-corrected chi connectivity index (χ3v) is 6.04. The number of carbonyl (C=O) groups is 2. The molecule has 2 aliphatic heterocycles. The zero-order valence-electron chi connectivity index (χ0n) is 17.6. The van der Waals surface area contributed by atoms with Crippen LogP contribution in [-0.2, 0) is 16.1 Å². The third-order valence-electron chi connectivity index (χ3n) is 6.04. The van der Waals surface area contributed by atoms with Crippen LogP contribution in [0.5, 0.6) is 0 Å². The highest BCUT2D eigenvalue weighted by Crippen LogP contribution is 2.19. The molecule has 2 N–H and O–H groups in total. The van der Waals surface area contributed by atoms with Gasteiger partial charge in [0.2, 0.25) is 11.8 Å². The van der Waals surface area contributed by atoms with Crippen molar-refractivity contribution in [2.24, 2.45) is 5.92 Å². The van der Waals surface area contributed by atoms with E-state index >= 15 is 0 Å². The Bertz CT molecular complexity index is 651. The molecule has 2 aliphatic rings. The molecule has 3 unspecified atom stereocenters. The largest absolute Gasteiger partial charge is 0.354 e. The van der Waals surface area contributed by atoms with Gasteiger partial charge in [0.1, 0.15) is 0 Å². The van der Waals surface area contributed by atoms with Gasteiger partial charge in [-0.25, -0.2) is 0 Å². The Labute approximate surface area is 180 Å². The van der Waals surface area contributed by atoms with Gasteiger partial charge in [-0.3, -0.25) is 14.5 Å². The first-order chi connectivity index (χ1) is 13.5. The summed E-state index contributed by atoms with van der Waals surface area (Å²) in [5, 5.41) is 6.36. The van der Waals surface area contributed by atoms with Gasteiger partial charge in [-0.15, -0.1) is 12.4 Å². The van der Waals surface area contributed by atoms with E-state index in [1.165, 1.54) is 0 Å². The number of halogens is 1. The molecule has 2 heterocycles. The molecule has 0 aromatic heterocycles. The van der Waals surface area contributed by atoms with Gasteiger partial charge >= 0.3 is 0 Å². The fraction of sp³-hybridized carbons (Fsp3) is 0.636. The van der Waals surface area contributed by atoms with E-state index in [4.69, 9.17) is 0 Å². The lowest BCUT2D eigenvalue weighted by Gasteiger charge is -2.37. The minimum atomic E-state index is -0.135. The molecule has 0 spiro atoms. The van der Waals surface area contributed by atoms with Gasteiger partial charge in [-0.05, 0) is 57.2 Å². The minimum absolute atomic E-state index is 0. The van der Waals surface area contributed by atoms with Crippen LogP contribution in [0.2, 0.25) is 0 Å². The molecule has 2 fully saturated rings. The molecule has 0 radical (unpaired) electrons. The van der Waals surface area contributed by atoms with Gasteiger partial charge in [0.25, 0.3) is 0 Å². The van der Waals surface area contributed by atoms with E-state index in [0.29, 0.717) is 19.0 Å². The molecule has 7 heteroatoms. The Morgan fingerprint density at radius 1 is 1.24 bits per heavy atom. The highest BCUT2D eigenvalue weighted by molar-refractivity contribution is 5.85. The number of carbonyl (C=O) groups excluding carboxylic acids is 2. The van der Waals surface area contributed by atoms with Crippen molar-refractivity contribution >= 4 is 24.2 Å². The second-order valence-corrected chi connectivity index (χ2v) is 8.25. The quantitative estimate of drug-likeness (QED) is 0.705. The van der Waals surface area contributed by atoms with Gasteiger partial charge in [-0.2, -0.15) is 0 Å². The van der Waals surface area contributed by atoms with E-state index in [0.717, 1.165) is 50.9 Å². The summed E-state index contributed by atoms with van der Waals surface area (Å²) in [4.78, 5) is 29.2. The maximum Gasteiger partial charge on any atom is 0.239 e. The smallest absolute Gasteiger partial charge is 0.239 e. The average Bonchev–Trinajstić information content (AvgIpc) is 3.27. The molecular formula is C22H35ClN4O2. The van der Waals surface area contributed by atoms with Crippen molar-refractivity contribution in [1.82, 2.24) is 20.4 Å². The summed E-state index contributed by atoms with van der Waals surface area (Å²) in [5.41, 5.74) is 1.14. The monoisotopic (exact) mass is 422 g/mol. The molecule has 162 valence electrons. The fourth-order valence-corrected chi connectivity index (χ4v) is 4.30. The summed E-state index contributed by atoms with van der Waals surface area (Å²) in [6, 6.07) is 9.93. The Morgan fingerprint density at radius 3 is 2.69 bits per heavy atom. The lowest BCUT2D eigenvalue weighted by molar-refractivity contribution is -0.136. The van der Waals surface area contributed by atoms with E-state index in [9.17, 15) is 9.59 Å². The maximum absolute atomic E-state index is 12.9. The van der Waals surface area contributed by atoms with Gasteiger partial charge in [0.15, 0.2) is 0 Å². The van der Waals surface area contributed by atoms with Crippen molar-refractivity contribution in [2.75, 3.05) is 33.2 Å². The topological polar surface area (TPSA) is 64.7 Å². The lowest BCUT2D eigenvalue weighted by Crippen LogP contribution is -2.51. The molecular weight excluding hydrogens is 388 g/mol. The normalized spacial score (nSPS) is 23.1. The number of amides is 2. The predicted octanol–water partition coefficient (Wildman–Crippen LogP) is 2.04. The number of hydrogen-bond donors (Lipinski definition) is 2. The Hall–Kier alpha value is -1.63. The molecule has 0 bridgehead atoms. The summed E-state index contributed by atoms with van der Waals surface area (Å²) in [5.74, 6) is 0.693. The van der Waals surface area contributed by atoms with Crippen molar-refractivity contribution in [3.8, 4) is 0 Å². The summed E-state index contributed by atoms with van der Waals surface area (Å²) in [6.07, 6.45) is 4.19. The van der Waals surface area contributed by atoms with E-state index < -0.39 is 0 Å². The van der Waals surface area contributed by atoms with Crippen LogP contribution in [0.4, 0.5) is 0 Å². The first-order valence-corrected chi connectivity index (χ1v) is 10.6. The van der Waals surface area contributed by atoms with E-state index in [1.807, 2.05) is 49.2 Å². The molecule has 1 aromatic carbocycles. The van der Waals surface area contributed by atoms with Crippen LogP contribution in [0, 0.1) is 5.92 Å². The SMILES string of the molecule is CC(C(=O)N(C)Cc1ccccc1)N1CCCC(CNC(=O)C2CCCN2)C1.Cl. The second kappa shape index (κ2) is 11.5. The molecule has 0 aliphatic carbocycles. The summed E-state index contributed by atoms with van der Waals surface area (Å²) < 4.78 is 0. The molecule has 29 heavy (non-hydrogen) atoms. The zero-order chi connectivity index (χ0) is 19.9. The molecule has 6 nitrogen and oxygen atoms in total. The molecule has 3 rings (SSSR count). The third kappa shape index (κ3) is 6.69. The van der Waals surface area contributed by atoms with Crippen LogP contribution in [0.3, 0.4) is 0 Å². The molecule has 1 aromatic rings. The van der Waals surface area contributed by atoms with Crippen molar-refractivity contribution in [3.63, 3.8) is 0 Å². The van der Waals surface area contributed by atoms with Gasteiger partial charge in [0, 0.05) is 26.7 Å². The number of rotatable bonds is 7. The number of hydrogen-bond acceptors (Lipinski definition) is 4. The van der Waals surface area contributed by atoms with Crippen molar-refractivity contribution < 1.29 is 9.59 Å². The Morgan fingerprint density at radius 2 is 2.00 bits per heavy atom. The van der Waals surface area contributed by atoms with Crippen molar-refractivity contribution in [2.45, 2.75) is 51.2 Å². The Kier molecular flexibility index (Phi) is 9.40. The summed E-state index contributed by atoms with van der Waals surface area (Å²) in [6.45, 7) is 6.09.